The number of anilines is 1. The highest BCUT2D eigenvalue weighted by Crippen LogP contribution is 2.26. The minimum Gasteiger partial charge on any atom is -0.326 e. The second-order valence-electron chi connectivity index (χ2n) is 7.75. The molecule has 2 aromatic carbocycles. The molecule has 0 radical (unpaired) electrons. The Balaban J connectivity index is 1.35. The van der Waals surface area contributed by atoms with Crippen LogP contribution in [-0.4, -0.2) is 37.3 Å². The van der Waals surface area contributed by atoms with Crippen LogP contribution in [0.2, 0.25) is 5.02 Å². The third-order valence-corrected chi connectivity index (χ3v) is 6.70. The van der Waals surface area contributed by atoms with Gasteiger partial charge in [-0.2, -0.15) is 0 Å². The first-order valence-corrected chi connectivity index (χ1v) is 11.9. The van der Waals surface area contributed by atoms with Gasteiger partial charge in [0.15, 0.2) is 0 Å². The van der Waals surface area contributed by atoms with E-state index in [4.69, 9.17) is 16.7 Å². The number of primary sulfonamides is 1. The predicted molar refractivity (Wildman–Crippen MR) is 121 cm³/mol. The van der Waals surface area contributed by atoms with Crippen LogP contribution < -0.4 is 10.5 Å². The molecule has 3 N–H and O–H groups in total. The van der Waals surface area contributed by atoms with Crippen LogP contribution in [0.3, 0.4) is 0 Å². The first-order valence-electron chi connectivity index (χ1n) is 9.99. The Morgan fingerprint density at radius 3 is 2.55 bits per heavy atom. The Kier molecular flexibility index (Phi) is 6.24. The van der Waals surface area contributed by atoms with Gasteiger partial charge in [0.2, 0.25) is 15.9 Å². The van der Waals surface area contributed by atoms with E-state index >= 15 is 0 Å². The molecular weight excluding hydrogens is 436 g/mol. The lowest BCUT2D eigenvalue weighted by molar-refractivity contribution is -0.121. The van der Waals surface area contributed by atoms with Gasteiger partial charge in [0.05, 0.1) is 10.4 Å². The summed E-state index contributed by atoms with van der Waals surface area (Å²) < 4.78 is 22.7. The normalized spacial score (nSPS) is 15.8. The van der Waals surface area contributed by atoms with E-state index in [1.807, 2.05) is 24.3 Å². The highest BCUT2D eigenvalue weighted by Gasteiger charge is 2.25. The zero-order valence-corrected chi connectivity index (χ0v) is 18.4. The number of fused-ring (bicyclic) bond motifs is 1. The van der Waals surface area contributed by atoms with Gasteiger partial charge in [0.25, 0.3) is 0 Å². The second kappa shape index (κ2) is 8.92. The van der Waals surface area contributed by atoms with Gasteiger partial charge in [-0.15, -0.1) is 0 Å². The van der Waals surface area contributed by atoms with Crippen molar-refractivity contribution in [1.82, 2.24) is 9.88 Å². The average Bonchev–Trinajstić information content (AvgIpc) is 2.74. The van der Waals surface area contributed by atoms with Crippen molar-refractivity contribution in [1.29, 1.82) is 0 Å². The molecule has 9 heteroatoms. The highest BCUT2D eigenvalue weighted by atomic mass is 35.5. The van der Waals surface area contributed by atoms with Crippen LogP contribution in [0, 0.1) is 5.92 Å². The molecular formula is C22H23ClN4O3S. The first kappa shape index (κ1) is 21.7. The first-order chi connectivity index (χ1) is 14.8. The molecule has 0 aliphatic carbocycles. The fourth-order valence-corrected chi connectivity index (χ4v) is 4.68. The molecule has 1 amide bonds. The number of carbonyl (C=O) groups is 1. The topological polar surface area (TPSA) is 105 Å². The van der Waals surface area contributed by atoms with Gasteiger partial charge in [-0.05, 0) is 74.0 Å². The number of sulfonamides is 1. The molecule has 0 saturated carbocycles. The summed E-state index contributed by atoms with van der Waals surface area (Å²) in [6.07, 6.45) is 3.27. The highest BCUT2D eigenvalue weighted by molar-refractivity contribution is 7.89. The SMILES string of the molecule is NS(=O)(=O)c1ccc(NC(=O)C2CCN(Cc3cc(Cl)cc4cccnc34)CC2)cc1. The largest absolute Gasteiger partial charge is 0.326 e. The van der Waals surface area contributed by atoms with Gasteiger partial charge in [0.1, 0.15) is 0 Å². The van der Waals surface area contributed by atoms with Crippen molar-refractivity contribution >= 4 is 44.1 Å². The molecule has 1 fully saturated rings. The summed E-state index contributed by atoms with van der Waals surface area (Å²) in [6.45, 7) is 2.32. The van der Waals surface area contributed by atoms with E-state index in [1.54, 1.807) is 18.3 Å². The number of likely N-dealkylation sites (tertiary alicyclic amines) is 1. The summed E-state index contributed by atoms with van der Waals surface area (Å²) in [6, 6.07) is 13.6. The van der Waals surface area contributed by atoms with Crippen molar-refractivity contribution in [3.8, 4) is 0 Å². The van der Waals surface area contributed by atoms with Crippen LogP contribution in [0.5, 0.6) is 0 Å². The lowest BCUT2D eigenvalue weighted by Crippen LogP contribution is -2.37. The maximum Gasteiger partial charge on any atom is 0.238 e. The van der Waals surface area contributed by atoms with E-state index in [0.29, 0.717) is 10.7 Å². The monoisotopic (exact) mass is 458 g/mol. The molecule has 1 aromatic heterocycles. The summed E-state index contributed by atoms with van der Waals surface area (Å²) in [4.78, 5) is 19.5. The van der Waals surface area contributed by atoms with Gasteiger partial charge in [0, 0.05) is 34.8 Å². The van der Waals surface area contributed by atoms with Gasteiger partial charge in [-0.25, -0.2) is 13.6 Å². The average molecular weight is 459 g/mol. The van der Waals surface area contributed by atoms with Gasteiger partial charge >= 0.3 is 0 Å². The Hall–Kier alpha value is -2.52. The summed E-state index contributed by atoms with van der Waals surface area (Å²) in [7, 11) is -3.75. The fraction of sp³-hybridized carbons (Fsp3) is 0.273. The van der Waals surface area contributed by atoms with Crippen LogP contribution in [0.15, 0.2) is 59.6 Å². The Morgan fingerprint density at radius 1 is 1.16 bits per heavy atom. The zero-order chi connectivity index (χ0) is 22.0. The number of carbonyl (C=O) groups excluding carboxylic acids is 1. The van der Waals surface area contributed by atoms with Crippen LogP contribution in [-0.2, 0) is 21.4 Å². The van der Waals surface area contributed by atoms with Crippen molar-refractivity contribution in [2.45, 2.75) is 24.3 Å². The van der Waals surface area contributed by atoms with E-state index in [2.05, 4.69) is 15.2 Å². The van der Waals surface area contributed by atoms with Crippen molar-refractivity contribution in [2.24, 2.45) is 11.1 Å². The van der Waals surface area contributed by atoms with Gasteiger partial charge in [-0.1, -0.05) is 17.7 Å². The standard InChI is InChI=1S/C22H23ClN4O3S/c23-18-12-16-2-1-9-25-21(16)17(13-18)14-27-10-7-15(8-11-27)22(28)26-19-3-5-20(6-4-19)31(24,29)30/h1-6,9,12-13,15H,7-8,10-11,14H2,(H,26,28)(H2,24,29,30). The number of halogens is 1. The summed E-state index contributed by atoms with van der Waals surface area (Å²) >= 11 is 6.28. The predicted octanol–water partition coefficient (Wildman–Crippen LogP) is 3.39. The maximum absolute atomic E-state index is 12.6. The molecule has 2 heterocycles. The van der Waals surface area contributed by atoms with Gasteiger partial charge < -0.3 is 5.32 Å². The molecule has 0 spiro atoms. The third kappa shape index (κ3) is 5.22. The third-order valence-electron chi connectivity index (χ3n) is 5.55. The number of pyridine rings is 1. The molecule has 0 unspecified atom stereocenters. The summed E-state index contributed by atoms with van der Waals surface area (Å²) in [5.41, 5.74) is 2.59. The second-order valence-corrected chi connectivity index (χ2v) is 9.75. The number of nitrogens with two attached hydrogens (primary N) is 1. The molecule has 0 bridgehead atoms. The molecule has 0 atom stereocenters. The minimum atomic E-state index is -3.75. The van der Waals surface area contributed by atoms with Crippen molar-refractivity contribution < 1.29 is 13.2 Å². The smallest absolute Gasteiger partial charge is 0.238 e. The Morgan fingerprint density at radius 2 is 1.87 bits per heavy atom. The number of rotatable bonds is 5. The molecule has 31 heavy (non-hydrogen) atoms. The Labute approximate surface area is 186 Å². The summed E-state index contributed by atoms with van der Waals surface area (Å²) in [5, 5.41) is 9.68. The minimum absolute atomic E-state index is 0.0156. The van der Waals surface area contributed by atoms with Crippen LogP contribution in [0.1, 0.15) is 18.4 Å². The van der Waals surface area contributed by atoms with Crippen LogP contribution in [0.4, 0.5) is 5.69 Å². The number of aromatic nitrogens is 1. The fourth-order valence-electron chi connectivity index (χ4n) is 3.91. The van der Waals surface area contributed by atoms with Crippen molar-refractivity contribution in [3.05, 3.63) is 65.3 Å². The van der Waals surface area contributed by atoms with E-state index in [9.17, 15) is 13.2 Å². The number of nitrogens with one attached hydrogen (secondary N) is 1. The van der Waals surface area contributed by atoms with E-state index in [-0.39, 0.29) is 16.7 Å². The molecule has 4 rings (SSSR count). The Bertz CT molecular complexity index is 1210. The zero-order valence-electron chi connectivity index (χ0n) is 16.8. The van der Waals surface area contributed by atoms with Crippen molar-refractivity contribution in [3.63, 3.8) is 0 Å². The maximum atomic E-state index is 12.6. The van der Waals surface area contributed by atoms with Crippen LogP contribution >= 0.6 is 11.6 Å². The molecule has 1 aliphatic heterocycles. The number of amides is 1. The molecule has 162 valence electrons. The quantitative estimate of drug-likeness (QED) is 0.609. The van der Waals surface area contributed by atoms with E-state index in [1.165, 1.54) is 12.1 Å². The molecule has 7 nitrogen and oxygen atoms in total. The molecule has 1 aliphatic rings. The number of nitrogens with zero attached hydrogens (tertiary/aromatic N) is 2. The van der Waals surface area contributed by atoms with E-state index < -0.39 is 10.0 Å². The van der Waals surface area contributed by atoms with Crippen LogP contribution in [0.25, 0.3) is 10.9 Å². The summed E-state index contributed by atoms with van der Waals surface area (Å²) in [5.74, 6) is -0.152. The molecule has 3 aromatic rings. The lowest BCUT2D eigenvalue weighted by atomic mass is 9.95. The number of hydrogen-bond acceptors (Lipinski definition) is 5. The van der Waals surface area contributed by atoms with Crippen molar-refractivity contribution in [2.75, 3.05) is 18.4 Å². The van der Waals surface area contributed by atoms with E-state index in [0.717, 1.165) is 48.9 Å². The van der Waals surface area contributed by atoms with Gasteiger partial charge in [-0.3, -0.25) is 14.7 Å². The number of hydrogen-bond donors (Lipinski definition) is 2. The number of piperidine rings is 1. The molecule has 1 saturated heterocycles. The number of benzene rings is 2. The lowest BCUT2D eigenvalue weighted by Gasteiger charge is -2.31.